The van der Waals surface area contributed by atoms with E-state index in [1.54, 1.807) is 31.4 Å². The molecule has 0 spiro atoms. The van der Waals surface area contributed by atoms with Gasteiger partial charge in [0.05, 0.1) is 17.8 Å². The fraction of sp³-hybridized carbons (Fsp3) is 0.300. The van der Waals surface area contributed by atoms with Crippen LogP contribution in [0.2, 0.25) is 0 Å². The quantitative estimate of drug-likeness (QED) is 0.693. The van der Waals surface area contributed by atoms with Crippen molar-refractivity contribution in [2.45, 2.75) is 18.0 Å². The van der Waals surface area contributed by atoms with Crippen molar-refractivity contribution in [1.82, 2.24) is 9.47 Å². The normalized spacial score (nSPS) is 15.1. The lowest BCUT2D eigenvalue weighted by atomic mass is 10.2. The van der Waals surface area contributed by atoms with E-state index in [2.05, 4.69) is 21.6 Å². The molecule has 0 saturated carbocycles. The van der Waals surface area contributed by atoms with E-state index in [0.29, 0.717) is 11.4 Å². The van der Waals surface area contributed by atoms with E-state index >= 15 is 0 Å². The molecule has 0 aliphatic carbocycles. The van der Waals surface area contributed by atoms with Crippen LogP contribution in [0, 0.1) is 0 Å². The van der Waals surface area contributed by atoms with Gasteiger partial charge in [-0.2, -0.15) is 0 Å². The number of fused-ring (bicyclic) bond motifs is 3. The van der Waals surface area contributed by atoms with Gasteiger partial charge in [0, 0.05) is 42.8 Å². The zero-order chi connectivity index (χ0) is 18.1. The number of hydrogen-bond donors (Lipinski definition) is 0. The molecule has 0 atom stereocenters. The van der Waals surface area contributed by atoms with E-state index in [1.165, 1.54) is 11.2 Å². The fourth-order valence-electron chi connectivity index (χ4n) is 3.56. The van der Waals surface area contributed by atoms with Crippen LogP contribution in [0.25, 0.3) is 10.9 Å². The van der Waals surface area contributed by atoms with E-state index in [4.69, 9.17) is 4.74 Å². The molecule has 1 aromatic heterocycles. The van der Waals surface area contributed by atoms with Crippen molar-refractivity contribution in [3.63, 3.8) is 0 Å². The number of rotatable bonds is 5. The molecule has 4 rings (SSSR count). The van der Waals surface area contributed by atoms with Crippen molar-refractivity contribution in [2.24, 2.45) is 0 Å². The minimum absolute atomic E-state index is 0.144. The van der Waals surface area contributed by atoms with Crippen molar-refractivity contribution in [2.75, 3.05) is 26.0 Å². The predicted octanol–water partition coefficient (Wildman–Crippen LogP) is 2.94. The Balaban J connectivity index is 1.49. The molecule has 2 heterocycles. The third kappa shape index (κ3) is 3.22. The van der Waals surface area contributed by atoms with Crippen molar-refractivity contribution < 1.29 is 13.2 Å². The number of aromatic nitrogens is 1. The van der Waals surface area contributed by atoms with Gasteiger partial charge in [-0.15, -0.1) is 0 Å². The lowest BCUT2D eigenvalue weighted by Crippen LogP contribution is -2.36. The highest BCUT2D eigenvalue weighted by Crippen LogP contribution is 2.27. The number of hydrogen-bond acceptors (Lipinski definition) is 4. The number of benzene rings is 2. The summed E-state index contributed by atoms with van der Waals surface area (Å²) in [5, 5.41) is 1.16. The van der Waals surface area contributed by atoms with Crippen molar-refractivity contribution in [3.8, 4) is 5.75 Å². The molecule has 1 aliphatic rings. The highest BCUT2D eigenvalue weighted by Gasteiger charge is 2.21. The van der Waals surface area contributed by atoms with Gasteiger partial charge in [0.1, 0.15) is 5.75 Å². The minimum atomic E-state index is -3.24. The first kappa shape index (κ1) is 17.1. The average Bonchev–Trinajstić information content (AvgIpc) is 3.03. The Bertz CT molecular complexity index is 1030. The third-order valence-electron chi connectivity index (χ3n) is 5.00. The summed E-state index contributed by atoms with van der Waals surface area (Å²) in [4.78, 5) is 2.62. The van der Waals surface area contributed by atoms with Crippen LogP contribution in [0.4, 0.5) is 0 Å². The van der Waals surface area contributed by atoms with E-state index in [-0.39, 0.29) is 5.75 Å². The van der Waals surface area contributed by atoms with Crippen LogP contribution in [0.3, 0.4) is 0 Å². The third-order valence-corrected chi connectivity index (χ3v) is 6.71. The minimum Gasteiger partial charge on any atom is -0.497 e. The number of sulfone groups is 1. The number of ether oxygens (including phenoxy) is 1. The second-order valence-corrected chi connectivity index (χ2v) is 8.73. The van der Waals surface area contributed by atoms with E-state index in [0.717, 1.165) is 30.8 Å². The van der Waals surface area contributed by atoms with Crippen molar-refractivity contribution >= 4 is 20.7 Å². The monoisotopic (exact) mass is 370 g/mol. The Morgan fingerprint density at radius 2 is 1.85 bits per heavy atom. The largest absolute Gasteiger partial charge is 0.497 e. The lowest BCUT2D eigenvalue weighted by molar-refractivity contribution is 0.236. The maximum absolute atomic E-state index is 12.5. The van der Waals surface area contributed by atoms with Crippen molar-refractivity contribution in [3.05, 3.63) is 60.3 Å². The van der Waals surface area contributed by atoms with Gasteiger partial charge in [-0.3, -0.25) is 4.90 Å². The molecule has 26 heavy (non-hydrogen) atoms. The summed E-state index contributed by atoms with van der Waals surface area (Å²) < 4.78 is 32.6. The fourth-order valence-corrected chi connectivity index (χ4v) is 4.87. The van der Waals surface area contributed by atoms with E-state index in [1.807, 2.05) is 18.2 Å². The zero-order valence-corrected chi connectivity index (χ0v) is 15.6. The van der Waals surface area contributed by atoms with Gasteiger partial charge >= 0.3 is 0 Å². The summed E-state index contributed by atoms with van der Waals surface area (Å²) in [5.41, 5.74) is 2.42. The second kappa shape index (κ2) is 6.78. The van der Waals surface area contributed by atoms with Gasteiger partial charge in [0.25, 0.3) is 0 Å². The van der Waals surface area contributed by atoms with Gasteiger partial charge in [-0.1, -0.05) is 18.2 Å². The molecular formula is C20H22N2O3S. The smallest absolute Gasteiger partial charge is 0.179 e. The Morgan fingerprint density at radius 3 is 2.62 bits per heavy atom. The molecule has 2 aromatic carbocycles. The molecule has 1 aliphatic heterocycles. The molecule has 136 valence electrons. The Kier molecular flexibility index (Phi) is 4.46. The predicted molar refractivity (Wildman–Crippen MR) is 102 cm³/mol. The first-order valence-electron chi connectivity index (χ1n) is 8.73. The molecule has 0 N–H and O–H groups in total. The van der Waals surface area contributed by atoms with E-state index < -0.39 is 9.84 Å². The number of methoxy groups -OCH3 is 1. The molecule has 0 saturated heterocycles. The Hall–Kier alpha value is -2.31. The van der Waals surface area contributed by atoms with Gasteiger partial charge in [-0.25, -0.2) is 8.42 Å². The number of nitrogens with zero attached hydrogens (tertiary/aromatic N) is 2. The SMILES string of the molecule is COc1ccc2c(c1)cc1n2CCN(CCS(=O)(=O)c2ccccc2)C1. The van der Waals surface area contributed by atoms with E-state index in [9.17, 15) is 8.42 Å². The molecule has 5 nitrogen and oxygen atoms in total. The van der Waals surface area contributed by atoms with Crippen LogP contribution >= 0.6 is 0 Å². The van der Waals surface area contributed by atoms with Crippen LogP contribution in [0.5, 0.6) is 5.75 Å². The highest BCUT2D eigenvalue weighted by atomic mass is 32.2. The van der Waals surface area contributed by atoms with Crippen LogP contribution in [0.15, 0.2) is 59.5 Å². The van der Waals surface area contributed by atoms with Crippen LogP contribution in [-0.2, 0) is 22.9 Å². The maximum Gasteiger partial charge on any atom is 0.179 e. The second-order valence-electron chi connectivity index (χ2n) is 6.62. The molecule has 6 heteroatoms. The van der Waals surface area contributed by atoms with Gasteiger partial charge < -0.3 is 9.30 Å². The molecule has 0 fully saturated rings. The zero-order valence-electron chi connectivity index (χ0n) is 14.8. The maximum atomic E-state index is 12.5. The first-order chi connectivity index (χ1) is 12.6. The summed E-state index contributed by atoms with van der Waals surface area (Å²) in [6, 6.07) is 17.0. The van der Waals surface area contributed by atoms with Gasteiger partial charge in [0.2, 0.25) is 0 Å². The first-order valence-corrected chi connectivity index (χ1v) is 10.4. The van der Waals surface area contributed by atoms with Gasteiger partial charge in [0.15, 0.2) is 9.84 Å². The summed E-state index contributed by atoms with van der Waals surface area (Å²) in [5.74, 6) is 0.997. The van der Waals surface area contributed by atoms with Gasteiger partial charge in [-0.05, 0) is 36.4 Å². The van der Waals surface area contributed by atoms with Crippen LogP contribution in [0.1, 0.15) is 5.69 Å². The standard InChI is InChI=1S/C20H22N2O3S/c1-25-18-7-8-20-16(14-18)13-17-15-21(9-10-22(17)20)11-12-26(23,24)19-5-3-2-4-6-19/h2-8,13-14H,9-12,15H2,1H3. The Labute approximate surface area is 153 Å². The van der Waals surface area contributed by atoms with Crippen LogP contribution < -0.4 is 4.74 Å². The average molecular weight is 370 g/mol. The van der Waals surface area contributed by atoms with Crippen LogP contribution in [-0.4, -0.2) is 43.8 Å². The molecule has 0 radical (unpaired) electrons. The Morgan fingerprint density at radius 1 is 1.04 bits per heavy atom. The summed E-state index contributed by atoms with van der Waals surface area (Å²) >= 11 is 0. The molecule has 0 bridgehead atoms. The summed E-state index contributed by atoms with van der Waals surface area (Å²) in [7, 11) is -1.56. The topological polar surface area (TPSA) is 51.5 Å². The molecular weight excluding hydrogens is 348 g/mol. The summed E-state index contributed by atoms with van der Waals surface area (Å²) in [6.45, 7) is 3.03. The lowest BCUT2D eigenvalue weighted by Gasteiger charge is -2.28. The van der Waals surface area contributed by atoms with Crippen molar-refractivity contribution in [1.29, 1.82) is 0 Å². The molecule has 3 aromatic rings. The summed E-state index contributed by atoms with van der Waals surface area (Å²) in [6.07, 6.45) is 0. The molecule has 0 amide bonds. The molecule has 0 unspecified atom stereocenters. The highest BCUT2D eigenvalue weighted by molar-refractivity contribution is 7.91.